The van der Waals surface area contributed by atoms with E-state index in [0.717, 1.165) is 18.8 Å². The van der Waals surface area contributed by atoms with Gasteiger partial charge in [0.1, 0.15) is 4.33 Å². The van der Waals surface area contributed by atoms with Crippen LogP contribution in [0.25, 0.3) is 0 Å². The Labute approximate surface area is 145 Å². The Bertz CT molecular complexity index is 639. The number of alkyl halides is 2. The maximum atomic E-state index is 12.5. The molecule has 3 rings (SSSR count). The van der Waals surface area contributed by atoms with Crippen LogP contribution in [0.15, 0.2) is 24.3 Å². The number of halogens is 2. The molecule has 0 spiro atoms. The summed E-state index contributed by atoms with van der Waals surface area (Å²) in [6.45, 7) is 4.56. The standard InChI is InChI=1S/C16H19Cl2N3O2/c1-15(10-16(15,17)18)14(23)21-8-6-20(7-9-21)12-4-2-11(3-5-12)13(19)22/h2-5H,6-10H2,1H3,(H2,19,22)/t15-/m0/s1. The Balaban J connectivity index is 1.60. The van der Waals surface area contributed by atoms with Crippen LogP contribution in [0.4, 0.5) is 5.69 Å². The second-order valence-corrected chi connectivity index (χ2v) is 7.89. The normalized spacial score (nSPS) is 26.0. The van der Waals surface area contributed by atoms with E-state index in [-0.39, 0.29) is 5.91 Å². The highest BCUT2D eigenvalue weighted by Crippen LogP contribution is 2.64. The Morgan fingerprint density at radius 1 is 1.09 bits per heavy atom. The molecule has 2 amide bonds. The molecule has 1 heterocycles. The van der Waals surface area contributed by atoms with E-state index in [1.807, 2.05) is 24.0 Å². The molecule has 1 aliphatic heterocycles. The fraction of sp³-hybridized carbons (Fsp3) is 0.500. The molecule has 1 aromatic carbocycles. The van der Waals surface area contributed by atoms with Crippen molar-refractivity contribution in [3.05, 3.63) is 29.8 Å². The summed E-state index contributed by atoms with van der Waals surface area (Å²) in [5.74, 6) is -0.401. The summed E-state index contributed by atoms with van der Waals surface area (Å²) in [4.78, 5) is 27.7. The minimum absolute atomic E-state index is 0.0335. The van der Waals surface area contributed by atoms with Crippen LogP contribution in [0.2, 0.25) is 0 Å². The van der Waals surface area contributed by atoms with Gasteiger partial charge in [0.15, 0.2) is 0 Å². The Morgan fingerprint density at radius 2 is 1.61 bits per heavy atom. The third-order valence-electron chi connectivity index (χ3n) is 4.81. The number of nitrogens with zero attached hydrogens (tertiary/aromatic N) is 2. The molecule has 0 radical (unpaired) electrons. The zero-order chi connectivity index (χ0) is 16.8. The van der Waals surface area contributed by atoms with E-state index in [1.165, 1.54) is 0 Å². The first kappa shape index (κ1) is 16.4. The number of carbonyl (C=O) groups excluding carboxylic acids is 2. The molecule has 1 saturated heterocycles. The van der Waals surface area contributed by atoms with Crippen LogP contribution in [0.3, 0.4) is 0 Å². The van der Waals surface area contributed by atoms with Crippen LogP contribution >= 0.6 is 23.2 Å². The third-order valence-corrected chi connectivity index (χ3v) is 5.92. The van der Waals surface area contributed by atoms with E-state index in [1.54, 1.807) is 12.1 Å². The van der Waals surface area contributed by atoms with Crippen LogP contribution in [0.1, 0.15) is 23.7 Å². The molecule has 0 aromatic heterocycles. The molecule has 0 unspecified atom stereocenters. The van der Waals surface area contributed by atoms with Crippen molar-refractivity contribution in [1.29, 1.82) is 0 Å². The largest absolute Gasteiger partial charge is 0.368 e. The summed E-state index contributed by atoms with van der Waals surface area (Å²) < 4.78 is -0.925. The van der Waals surface area contributed by atoms with Crippen molar-refractivity contribution in [3.8, 4) is 0 Å². The number of benzene rings is 1. The fourth-order valence-electron chi connectivity index (χ4n) is 2.99. The molecule has 7 heteroatoms. The third kappa shape index (κ3) is 2.88. The van der Waals surface area contributed by atoms with Gasteiger partial charge in [-0.05, 0) is 37.6 Å². The SMILES string of the molecule is C[C@@]1(C(=O)N2CCN(c3ccc(C(N)=O)cc3)CC2)CC1(Cl)Cl. The molecule has 2 fully saturated rings. The minimum Gasteiger partial charge on any atom is -0.368 e. The van der Waals surface area contributed by atoms with Crippen molar-refractivity contribution >= 4 is 40.7 Å². The van der Waals surface area contributed by atoms with Gasteiger partial charge >= 0.3 is 0 Å². The van der Waals surface area contributed by atoms with Crippen molar-refractivity contribution in [2.45, 2.75) is 17.7 Å². The Hall–Kier alpha value is -1.46. The lowest BCUT2D eigenvalue weighted by atomic mass is 10.1. The van der Waals surface area contributed by atoms with E-state index in [0.29, 0.717) is 25.1 Å². The van der Waals surface area contributed by atoms with Gasteiger partial charge in [0, 0.05) is 37.4 Å². The van der Waals surface area contributed by atoms with E-state index in [9.17, 15) is 9.59 Å². The molecule has 1 aromatic rings. The van der Waals surface area contributed by atoms with E-state index in [2.05, 4.69) is 4.90 Å². The summed E-state index contributed by atoms with van der Waals surface area (Å²) in [6.07, 6.45) is 0.511. The predicted octanol–water partition coefficient (Wildman–Crippen LogP) is 2.02. The minimum atomic E-state index is -0.925. The molecule has 5 nitrogen and oxygen atoms in total. The average molecular weight is 356 g/mol. The van der Waals surface area contributed by atoms with Gasteiger partial charge in [-0.15, -0.1) is 23.2 Å². The molecule has 2 aliphatic rings. The van der Waals surface area contributed by atoms with Crippen LogP contribution in [0, 0.1) is 5.41 Å². The molecule has 1 aliphatic carbocycles. The second kappa shape index (κ2) is 5.56. The number of hydrogen-bond acceptors (Lipinski definition) is 3. The van der Waals surface area contributed by atoms with E-state index in [4.69, 9.17) is 28.9 Å². The second-order valence-electron chi connectivity index (χ2n) is 6.40. The molecule has 23 heavy (non-hydrogen) atoms. The number of hydrogen-bond donors (Lipinski definition) is 1. The monoisotopic (exact) mass is 355 g/mol. The maximum absolute atomic E-state index is 12.5. The highest BCUT2D eigenvalue weighted by atomic mass is 35.5. The van der Waals surface area contributed by atoms with E-state index >= 15 is 0 Å². The van der Waals surface area contributed by atoms with Crippen molar-refractivity contribution < 1.29 is 9.59 Å². The summed E-state index contributed by atoms with van der Waals surface area (Å²) >= 11 is 12.2. The molecule has 1 atom stereocenters. The van der Waals surface area contributed by atoms with Gasteiger partial charge in [-0.3, -0.25) is 9.59 Å². The number of anilines is 1. The summed E-state index contributed by atoms with van der Waals surface area (Å²) in [5, 5.41) is 0. The summed E-state index contributed by atoms with van der Waals surface area (Å²) in [6, 6.07) is 7.19. The number of piperazine rings is 1. The topological polar surface area (TPSA) is 66.6 Å². The Morgan fingerprint density at radius 3 is 2.04 bits per heavy atom. The van der Waals surface area contributed by atoms with Crippen LogP contribution in [-0.4, -0.2) is 47.2 Å². The van der Waals surface area contributed by atoms with Crippen molar-refractivity contribution in [3.63, 3.8) is 0 Å². The highest BCUT2D eigenvalue weighted by Gasteiger charge is 2.68. The van der Waals surface area contributed by atoms with Crippen LogP contribution < -0.4 is 10.6 Å². The zero-order valence-electron chi connectivity index (χ0n) is 12.9. The zero-order valence-corrected chi connectivity index (χ0v) is 14.4. The van der Waals surface area contributed by atoms with Crippen molar-refractivity contribution in [1.82, 2.24) is 4.90 Å². The van der Waals surface area contributed by atoms with Crippen molar-refractivity contribution in [2.24, 2.45) is 11.1 Å². The molecular formula is C16H19Cl2N3O2. The Kier molecular flexibility index (Phi) is 3.97. The molecule has 0 bridgehead atoms. The molecular weight excluding hydrogens is 337 g/mol. The number of amides is 2. The smallest absolute Gasteiger partial charge is 0.248 e. The number of carbonyl (C=O) groups is 2. The summed E-state index contributed by atoms with van der Waals surface area (Å²) in [5.41, 5.74) is 6.10. The first-order chi connectivity index (χ1) is 10.7. The quantitative estimate of drug-likeness (QED) is 0.843. The van der Waals surface area contributed by atoms with Gasteiger partial charge in [-0.1, -0.05) is 0 Å². The maximum Gasteiger partial charge on any atom is 0.248 e. The predicted molar refractivity (Wildman–Crippen MR) is 90.9 cm³/mol. The number of rotatable bonds is 3. The molecule has 2 N–H and O–H groups in total. The molecule has 124 valence electrons. The lowest BCUT2D eigenvalue weighted by Gasteiger charge is -2.37. The van der Waals surface area contributed by atoms with Gasteiger partial charge < -0.3 is 15.5 Å². The number of nitrogens with two attached hydrogens (primary N) is 1. The summed E-state index contributed by atoms with van der Waals surface area (Å²) in [7, 11) is 0. The van der Waals surface area contributed by atoms with E-state index < -0.39 is 15.7 Å². The number of primary amides is 1. The first-order valence-electron chi connectivity index (χ1n) is 7.57. The lowest BCUT2D eigenvalue weighted by Crippen LogP contribution is -2.51. The van der Waals surface area contributed by atoms with Gasteiger partial charge in [0.25, 0.3) is 0 Å². The van der Waals surface area contributed by atoms with Gasteiger partial charge in [0.05, 0.1) is 5.41 Å². The van der Waals surface area contributed by atoms with Gasteiger partial charge in [-0.2, -0.15) is 0 Å². The van der Waals surface area contributed by atoms with Crippen LogP contribution in [0.5, 0.6) is 0 Å². The van der Waals surface area contributed by atoms with Crippen LogP contribution in [-0.2, 0) is 4.79 Å². The first-order valence-corrected chi connectivity index (χ1v) is 8.32. The highest BCUT2D eigenvalue weighted by molar-refractivity contribution is 6.53. The van der Waals surface area contributed by atoms with Gasteiger partial charge in [-0.25, -0.2) is 0 Å². The fourth-order valence-corrected chi connectivity index (χ4v) is 3.68. The molecule has 1 saturated carbocycles. The van der Waals surface area contributed by atoms with Gasteiger partial charge in [0.2, 0.25) is 11.8 Å². The average Bonchev–Trinajstić information content (AvgIpc) is 3.06. The lowest BCUT2D eigenvalue weighted by molar-refractivity contribution is -0.136. The van der Waals surface area contributed by atoms with Crippen molar-refractivity contribution in [2.75, 3.05) is 31.1 Å².